The normalized spacial score (nSPS) is 9.93. The molecule has 76 valence electrons. The third-order valence-corrected chi connectivity index (χ3v) is 2.20. The molecule has 1 N–H and O–H groups in total. The maximum absolute atomic E-state index is 10.7. The van der Waals surface area contributed by atoms with Gasteiger partial charge in [-0.1, -0.05) is 11.6 Å². The lowest BCUT2D eigenvalue weighted by molar-refractivity contribution is 0.0691. The molecule has 0 radical (unpaired) electrons. The van der Waals surface area contributed by atoms with Crippen molar-refractivity contribution in [1.29, 1.82) is 0 Å². The average molecular weight is 215 g/mol. The predicted octanol–water partition coefficient (Wildman–Crippen LogP) is 1.89. The average Bonchev–Trinajstić information content (AvgIpc) is 2.17. The molecule has 1 rings (SSSR count). The molecule has 0 fully saturated rings. The Balaban J connectivity index is 3.12. The quantitative estimate of drug-likeness (QED) is 0.835. The predicted molar refractivity (Wildman–Crippen MR) is 55.2 cm³/mol. The van der Waals surface area contributed by atoms with Crippen molar-refractivity contribution >= 4 is 23.4 Å². The van der Waals surface area contributed by atoms with Crippen LogP contribution in [-0.2, 0) is 0 Å². The first-order valence-electron chi connectivity index (χ1n) is 4.17. The van der Waals surface area contributed by atoms with Crippen LogP contribution in [0.4, 0.5) is 5.82 Å². The third-order valence-electron chi connectivity index (χ3n) is 1.90. The second kappa shape index (κ2) is 4.28. The smallest absolute Gasteiger partial charge is 0.356 e. The zero-order valence-corrected chi connectivity index (χ0v) is 8.75. The van der Waals surface area contributed by atoms with E-state index in [1.165, 1.54) is 0 Å². The molecule has 0 saturated heterocycles. The number of anilines is 1. The Morgan fingerprint density at radius 3 is 2.79 bits per heavy atom. The van der Waals surface area contributed by atoms with Crippen molar-refractivity contribution in [2.24, 2.45) is 0 Å². The van der Waals surface area contributed by atoms with Gasteiger partial charge in [0.05, 0.1) is 5.02 Å². The number of carboxylic acid groups (broad SMARTS) is 1. The second-order valence-corrected chi connectivity index (χ2v) is 3.23. The first kappa shape index (κ1) is 10.8. The van der Waals surface area contributed by atoms with E-state index in [0.29, 0.717) is 5.82 Å². The van der Waals surface area contributed by atoms with E-state index in [9.17, 15) is 4.79 Å². The van der Waals surface area contributed by atoms with Crippen LogP contribution in [0.5, 0.6) is 0 Å². The SMILES string of the molecule is CCN(C)c1ccc(Cl)c(C(=O)O)n1. The number of carbonyl (C=O) groups is 1. The molecule has 4 nitrogen and oxygen atoms in total. The number of hydrogen-bond donors (Lipinski definition) is 1. The van der Waals surface area contributed by atoms with Crippen LogP contribution in [0.25, 0.3) is 0 Å². The molecule has 0 aliphatic carbocycles. The van der Waals surface area contributed by atoms with Gasteiger partial charge in [0.25, 0.3) is 0 Å². The molecule has 1 aromatic rings. The minimum absolute atomic E-state index is 0.107. The van der Waals surface area contributed by atoms with Crippen LogP contribution >= 0.6 is 11.6 Å². The highest BCUT2D eigenvalue weighted by Gasteiger charge is 2.12. The van der Waals surface area contributed by atoms with Crippen molar-refractivity contribution in [2.45, 2.75) is 6.92 Å². The number of pyridine rings is 1. The number of carboxylic acids is 1. The van der Waals surface area contributed by atoms with Crippen LogP contribution in [0.1, 0.15) is 17.4 Å². The molecule has 5 heteroatoms. The largest absolute Gasteiger partial charge is 0.476 e. The minimum atomic E-state index is -1.11. The van der Waals surface area contributed by atoms with Gasteiger partial charge in [0, 0.05) is 13.6 Å². The summed E-state index contributed by atoms with van der Waals surface area (Å²) < 4.78 is 0. The molecule has 0 unspecified atom stereocenters. The van der Waals surface area contributed by atoms with Crippen LogP contribution in [0.15, 0.2) is 12.1 Å². The summed E-state index contributed by atoms with van der Waals surface area (Å²) in [7, 11) is 1.84. The maximum Gasteiger partial charge on any atom is 0.356 e. The Bertz CT molecular complexity index is 355. The number of aromatic carboxylic acids is 1. The summed E-state index contributed by atoms with van der Waals surface area (Å²) in [5.41, 5.74) is -0.107. The van der Waals surface area contributed by atoms with Crippen molar-refractivity contribution in [3.63, 3.8) is 0 Å². The van der Waals surface area contributed by atoms with Crippen molar-refractivity contribution in [3.05, 3.63) is 22.8 Å². The molecule has 0 atom stereocenters. The fourth-order valence-electron chi connectivity index (χ4n) is 0.956. The summed E-state index contributed by atoms with van der Waals surface area (Å²) in [6.45, 7) is 2.71. The van der Waals surface area contributed by atoms with E-state index in [0.717, 1.165) is 6.54 Å². The molecule has 0 amide bonds. The highest BCUT2D eigenvalue weighted by Crippen LogP contribution is 2.18. The molecule has 0 spiro atoms. The zero-order chi connectivity index (χ0) is 10.7. The summed E-state index contributed by atoms with van der Waals surface area (Å²) in [4.78, 5) is 16.5. The van der Waals surface area contributed by atoms with Gasteiger partial charge in [-0.25, -0.2) is 9.78 Å². The lowest BCUT2D eigenvalue weighted by Gasteiger charge is -2.15. The first-order valence-corrected chi connectivity index (χ1v) is 4.55. The molecule has 14 heavy (non-hydrogen) atoms. The Hall–Kier alpha value is -1.29. The molecule has 0 aromatic carbocycles. The van der Waals surface area contributed by atoms with E-state index in [4.69, 9.17) is 16.7 Å². The second-order valence-electron chi connectivity index (χ2n) is 2.82. The van der Waals surface area contributed by atoms with Gasteiger partial charge >= 0.3 is 5.97 Å². The van der Waals surface area contributed by atoms with Crippen LogP contribution in [-0.4, -0.2) is 29.7 Å². The van der Waals surface area contributed by atoms with Gasteiger partial charge in [0.2, 0.25) is 0 Å². The van der Waals surface area contributed by atoms with Gasteiger partial charge in [-0.2, -0.15) is 0 Å². The molecule has 1 heterocycles. The van der Waals surface area contributed by atoms with Crippen molar-refractivity contribution in [2.75, 3.05) is 18.5 Å². The minimum Gasteiger partial charge on any atom is -0.476 e. The monoisotopic (exact) mass is 214 g/mol. The summed E-state index contributed by atoms with van der Waals surface area (Å²) >= 11 is 5.68. The van der Waals surface area contributed by atoms with Crippen LogP contribution in [0, 0.1) is 0 Å². The van der Waals surface area contributed by atoms with Gasteiger partial charge in [0.1, 0.15) is 5.82 Å². The fourth-order valence-corrected chi connectivity index (χ4v) is 1.14. The summed E-state index contributed by atoms with van der Waals surface area (Å²) in [5, 5.41) is 8.94. The van der Waals surface area contributed by atoms with Gasteiger partial charge in [-0.05, 0) is 19.1 Å². The van der Waals surface area contributed by atoms with Crippen LogP contribution in [0.3, 0.4) is 0 Å². The maximum atomic E-state index is 10.7. The molecule has 0 bridgehead atoms. The summed E-state index contributed by atoms with van der Waals surface area (Å²) in [6.07, 6.45) is 0. The molecule has 0 saturated carbocycles. The van der Waals surface area contributed by atoms with E-state index < -0.39 is 5.97 Å². The van der Waals surface area contributed by atoms with Crippen LogP contribution in [0.2, 0.25) is 5.02 Å². The topological polar surface area (TPSA) is 53.4 Å². The van der Waals surface area contributed by atoms with Crippen molar-refractivity contribution < 1.29 is 9.90 Å². The zero-order valence-electron chi connectivity index (χ0n) is 7.99. The first-order chi connectivity index (χ1) is 6.56. The number of rotatable bonds is 3. The summed E-state index contributed by atoms with van der Waals surface area (Å²) in [5.74, 6) is -0.504. The molecule has 1 aromatic heterocycles. The molecule has 0 aliphatic heterocycles. The standard InChI is InChI=1S/C9H11ClN2O2/c1-3-12(2)7-5-4-6(10)8(11-7)9(13)14/h4-5H,3H2,1-2H3,(H,13,14). The Morgan fingerprint density at radius 2 is 2.29 bits per heavy atom. The molecular weight excluding hydrogens is 204 g/mol. The van der Waals surface area contributed by atoms with E-state index in [1.54, 1.807) is 12.1 Å². The fraction of sp³-hybridized carbons (Fsp3) is 0.333. The van der Waals surface area contributed by atoms with E-state index in [2.05, 4.69) is 4.98 Å². The van der Waals surface area contributed by atoms with Crippen LogP contribution < -0.4 is 4.90 Å². The number of nitrogens with zero attached hydrogens (tertiary/aromatic N) is 2. The highest BCUT2D eigenvalue weighted by molar-refractivity contribution is 6.33. The third kappa shape index (κ3) is 2.14. The summed E-state index contributed by atoms with van der Waals surface area (Å²) in [6, 6.07) is 3.23. The number of hydrogen-bond acceptors (Lipinski definition) is 3. The highest BCUT2D eigenvalue weighted by atomic mass is 35.5. The lowest BCUT2D eigenvalue weighted by atomic mass is 10.3. The van der Waals surface area contributed by atoms with Gasteiger partial charge in [-0.3, -0.25) is 0 Å². The number of halogens is 1. The molecular formula is C9H11ClN2O2. The van der Waals surface area contributed by atoms with E-state index >= 15 is 0 Å². The molecule has 0 aliphatic rings. The van der Waals surface area contributed by atoms with Gasteiger partial charge in [-0.15, -0.1) is 0 Å². The van der Waals surface area contributed by atoms with E-state index in [-0.39, 0.29) is 10.7 Å². The van der Waals surface area contributed by atoms with Crippen molar-refractivity contribution in [1.82, 2.24) is 4.98 Å². The number of aromatic nitrogens is 1. The van der Waals surface area contributed by atoms with Crippen molar-refractivity contribution in [3.8, 4) is 0 Å². The Kier molecular flexibility index (Phi) is 3.30. The van der Waals surface area contributed by atoms with Gasteiger partial charge in [0.15, 0.2) is 5.69 Å². The Labute approximate surface area is 87.1 Å². The lowest BCUT2D eigenvalue weighted by Crippen LogP contribution is -2.18. The van der Waals surface area contributed by atoms with Gasteiger partial charge < -0.3 is 10.0 Å². The van der Waals surface area contributed by atoms with E-state index in [1.807, 2.05) is 18.9 Å². The Morgan fingerprint density at radius 1 is 1.64 bits per heavy atom.